The summed E-state index contributed by atoms with van der Waals surface area (Å²) in [6.07, 6.45) is 69.9. The molecule has 7 unspecified atom stereocenters. The van der Waals surface area contributed by atoms with Crippen LogP contribution in [0.5, 0.6) is 0 Å². The third-order valence-electron chi connectivity index (χ3n) is 16.6. The predicted molar refractivity (Wildman–Crippen MR) is 347 cm³/mol. The van der Waals surface area contributed by atoms with Crippen LogP contribution in [0.15, 0.2) is 48.6 Å². The largest absolute Gasteiger partial charge is 0.466 e. The quantitative estimate of drug-likeness (QED) is 0.0195. The molecular weight excluding hydrogens is 1040 g/mol. The van der Waals surface area contributed by atoms with Crippen LogP contribution in [0.25, 0.3) is 0 Å². The van der Waals surface area contributed by atoms with Crippen molar-refractivity contribution in [3.8, 4) is 0 Å². The molecule has 83 heavy (non-hydrogen) atoms. The van der Waals surface area contributed by atoms with E-state index in [0.29, 0.717) is 19.4 Å². The molecule has 7 atom stereocenters. The van der Waals surface area contributed by atoms with Gasteiger partial charge in [0.25, 0.3) is 0 Å². The summed E-state index contributed by atoms with van der Waals surface area (Å²) in [5, 5.41) is 54.2. The zero-order valence-corrected chi connectivity index (χ0v) is 53.9. The summed E-state index contributed by atoms with van der Waals surface area (Å²) in [7, 11) is 0. The number of nitrogens with one attached hydrogen (secondary N) is 1. The molecule has 11 nitrogen and oxygen atoms in total. The van der Waals surface area contributed by atoms with Crippen molar-refractivity contribution in [3.05, 3.63) is 48.6 Å². The second kappa shape index (κ2) is 61.3. The fourth-order valence-corrected chi connectivity index (χ4v) is 11.0. The SMILES string of the molecule is CCCCC/C=C/CC/C=C/C(O)C(COC1OC(CO)C(O)C(O)C1O)NC(=O)CCCCCCCCCCCCCCCC/C=C\CCCCCCCCCCCCCCOC(=O)CCCCCCC/C=C\CCCCCCCCC. The first-order valence-electron chi connectivity index (χ1n) is 35.4. The van der Waals surface area contributed by atoms with Crippen LogP contribution >= 0.6 is 0 Å². The van der Waals surface area contributed by atoms with E-state index in [0.717, 1.165) is 57.8 Å². The molecule has 1 heterocycles. The Kier molecular flexibility index (Phi) is 58.0. The third-order valence-corrected chi connectivity index (χ3v) is 16.6. The van der Waals surface area contributed by atoms with Gasteiger partial charge in [-0.15, -0.1) is 0 Å². The van der Waals surface area contributed by atoms with Crippen LogP contribution in [-0.4, -0.2) is 100 Å². The van der Waals surface area contributed by atoms with E-state index in [1.165, 1.54) is 250 Å². The molecule has 1 aliphatic heterocycles. The van der Waals surface area contributed by atoms with Gasteiger partial charge in [-0.3, -0.25) is 9.59 Å². The number of ether oxygens (including phenoxy) is 3. The van der Waals surface area contributed by atoms with Gasteiger partial charge in [0.05, 0.1) is 32.0 Å². The van der Waals surface area contributed by atoms with Crippen LogP contribution in [0.1, 0.15) is 335 Å². The van der Waals surface area contributed by atoms with Crippen LogP contribution in [-0.2, 0) is 23.8 Å². The Bertz CT molecular complexity index is 1520. The molecule has 0 radical (unpaired) electrons. The second-order valence-corrected chi connectivity index (χ2v) is 24.6. The number of aliphatic hydroxyl groups is 5. The van der Waals surface area contributed by atoms with Crippen LogP contribution in [0.3, 0.4) is 0 Å². The highest BCUT2D eigenvalue weighted by Crippen LogP contribution is 2.23. The third kappa shape index (κ3) is 50.3. The van der Waals surface area contributed by atoms with E-state index in [1.54, 1.807) is 6.08 Å². The molecule has 0 aromatic rings. The van der Waals surface area contributed by atoms with Crippen molar-refractivity contribution in [2.45, 2.75) is 378 Å². The maximum Gasteiger partial charge on any atom is 0.305 e. The number of amides is 1. The van der Waals surface area contributed by atoms with E-state index in [-0.39, 0.29) is 18.5 Å². The molecule has 1 fully saturated rings. The van der Waals surface area contributed by atoms with Crippen molar-refractivity contribution in [2.24, 2.45) is 0 Å². The summed E-state index contributed by atoms with van der Waals surface area (Å²) >= 11 is 0. The van der Waals surface area contributed by atoms with Crippen LogP contribution < -0.4 is 5.32 Å². The number of unbranched alkanes of at least 4 members (excludes halogenated alkanes) is 42. The van der Waals surface area contributed by atoms with E-state index in [4.69, 9.17) is 14.2 Å². The number of carbonyl (C=O) groups excluding carboxylic acids is 2. The maximum atomic E-state index is 13.0. The lowest BCUT2D eigenvalue weighted by molar-refractivity contribution is -0.302. The fourth-order valence-electron chi connectivity index (χ4n) is 11.0. The Hall–Kier alpha value is -2.38. The average Bonchev–Trinajstić information content (AvgIpc) is 3.65. The summed E-state index contributed by atoms with van der Waals surface area (Å²) < 4.78 is 16.7. The molecule has 1 saturated heterocycles. The van der Waals surface area contributed by atoms with Gasteiger partial charge in [-0.1, -0.05) is 274 Å². The smallest absolute Gasteiger partial charge is 0.305 e. The van der Waals surface area contributed by atoms with Gasteiger partial charge in [0.2, 0.25) is 5.91 Å². The molecule has 11 heteroatoms. The number of esters is 1. The lowest BCUT2D eigenvalue weighted by atomic mass is 9.99. The molecule has 0 saturated carbocycles. The molecule has 0 aliphatic carbocycles. The van der Waals surface area contributed by atoms with Crippen molar-refractivity contribution in [3.63, 3.8) is 0 Å². The lowest BCUT2D eigenvalue weighted by Crippen LogP contribution is -2.60. The normalized spacial score (nSPS) is 18.4. The van der Waals surface area contributed by atoms with Gasteiger partial charge in [-0.25, -0.2) is 0 Å². The molecule has 0 spiro atoms. The van der Waals surface area contributed by atoms with Gasteiger partial charge < -0.3 is 45.1 Å². The van der Waals surface area contributed by atoms with Gasteiger partial charge in [0.1, 0.15) is 24.4 Å². The predicted octanol–water partition coefficient (Wildman–Crippen LogP) is 18.0. The van der Waals surface area contributed by atoms with Gasteiger partial charge >= 0.3 is 5.97 Å². The molecular formula is C72H133NO10. The average molecular weight is 1170 g/mol. The molecule has 0 bridgehead atoms. The standard InChI is InChI=1S/C72H133NO10/c1-3-5-7-9-11-13-14-15-16-34-37-40-44-48-52-56-60-68(77)81-61-57-53-49-45-41-38-35-32-30-28-26-24-22-20-18-17-19-21-23-25-27-29-31-33-36-39-43-47-51-55-59-67(76)73-64(65(75)58-54-50-46-42-12-10-8-6-4-2)63-82-72-71(80)70(79)69(78)66(62-74)83-72/h12,16,18,20,34,42,54,58,64-66,69-72,74-75,78-80H,3-11,13-15,17,19,21-33,35-41,43-53,55-57,59-63H2,1-2H3,(H,73,76)/b20-18-,34-16-,42-12+,58-54+. The molecule has 0 aromatic heterocycles. The van der Waals surface area contributed by atoms with Gasteiger partial charge in [-0.2, -0.15) is 0 Å². The molecule has 1 rings (SSSR count). The van der Waals surface area contributed by atoms with Crippen molar-refractivity contribution in [1.82, 2.24) is 5.32 Å². The number of carbonyl (C=O) groups is 2. The van der Waals surface area contributed by atoms with Gasteiger partial charge in [0.15, 0.2) is 6.29 Å². The number of aliphatic hydroxyl groups excluding tert-OH is 5. The molecule has 0 aromatic carbocycles. The molecule has 486 valence electrons. The van der Waals surface area contributed by atoms with Crippen molar-refractivity contribution in [1.29, 1.82) is 0 Å². The topological polar surface area (TPSA) is 175 Å². The maximum absolute atomic E-state index is 13.0. The summed E-state index contributed by atoms with van der Waals surface area (Å²) in [5.41, 5.74) is 0. The summed E-state index contributed by atoms with van der Waals surface area (Å²) in [6, 6.07) is -0.825. The Morgan fingerprint density at radius 1 is 0.434 bits per heavy atom. The highest BCUT2D eigenvalue weighted by molar-refractivity contribution is 5.76. The zero-order valence-electron chi connectivity index (χ0n) is 53.9. The zero-order chi connectivity index (χ0) is 60.2. The first-order chi connectivity index (χ1) is 40.7. The summed E-state index contributed by atoms with van der Waals surface area (Å²) in [5.74, 6) is -0.191. The first-order valence-corrected chi connectivity index (χ1v) is 35.4. The van der Waals surface area contributed by atoms with E-state index >= 15 is 0 Å². The minimum absolute atomic E-state index is 0.00115. The van der Waals surface area contributed by atoms with Crippen LogP contribution in [0, 0.1) is 0 Å². The van der Waals surface area contributed by atoms with Crippen molar-refractivity contribution < 1.29 is 49.3 Å². The Balaban J connectivity index is 1.91. The van der Waals surface area contributed by atoms with E-state index < -0.39 is 49.5 Å². The first kappa shape index (κ1) is 78.6. The number of hydrogen-bond donors (Lipinski definition) is 6. The number of rotatable bonds is 62. The Morgan fingerprint density at radius 2 is 0.783 bits per heavy atom. The van der Waals surface area contributed by atoms with Crippen LogP contribution in [0.4, 0.5) is 0 Å². The van der Waals surface area contributed by atoms with Crippen molar-refractivity contribution in [2.75, 3.05) is 19.8 Å². The number of hydrogen-bond acceptors (Lipinski definition) is 10. The minimum Gasteiger partial charge on any atom is -0.466 e. The molecule has 1 aliphatic rings. The fraction of sp³-hybridized carbons (Fsp3) is 0.861. The Labute approximate surface area is 510 Å². The second-order valence-electron chi connectivity index (χ2n) is 24.6. The molecule has 6 N–H and O–H groups in total. The minimum atomic E-state index is -1.58. The highest BCUT2D eigenvalue weighted by Gasteiger charge is 2.44. The van der Waals surface area contributed by atoms with E-state index in [1.807, 2.05) is 6.08 Å². The van der Waals surface area contributed by atoms with Gasteiger partial charge in [-0.05, 0) is 96.3 Å². The summed E-state index contributed by atoms with van der Waals surface area (Å²) in [6.45, 7) is 4.29. The highest BCUT2D eigenvalue weighted by atomic mass is 16.7. The Morgan fingerprint density at radius 3 is 1.22 bits per heavy atom. The monoisotopic (exact) mass is 1170 g/mol. The van der Waals surface area contributed by atoms with E-state index in [9.17, 15) is 35.1 Å². The summed E-state index contributed by atoms with van der Waals surface area (Å²) in [4.78, 5) is 25.1. The molecule has 1 amide bonds. The van der Waals surface area contributed by atoms with E-state index in [2.05, 4.69) is 55.6 Å². The van der Waals surface area contributed by atoms with Crippen molar-refractivity contribution >= 4 is 11.9 Å². The van der Waals surface area contributed by atoms with Gasteiger partial charge in [0, 0.05) is 12.8 Å². The van der Waals surface area contributed by atoms with Crippen LogP contribution in [0.2, 0.25) is 0 Å². The lowest BCUT2D eigenvalue weighted by Gasteiger charge is -2.40. The number of allylic oxidation sites excluding steroid dienone is 7.